The number of aromatic nitrogens is 2. The first kappa shape index (κ1) is 24.5. The van der Waals surface area contributed by atoms with Gasteiger partial charge in [-0.05, 0) is 78.5 Å². The van der Waals surface area contributed by atoms with Crippen LogP contribution in [-0.4, -0.2) is 51.7 Å². The zero-order valence-electron chi connectivity index (χ0n) is 20.3. The Labute approximate surface area is 218 Å². The van der Waals surface area contributed by atoms with Gasteiger partial charge >= 0.3 is 12.0 Å². The summed E-state index contributed by atoms with van der Waals surface area (Å²) in [6.07, 6.45) is 2.61. The van der Waals surface area contributed by atoms with Crippen molar-refractivity contribution in [3.05, 3.63) is 57.8 Å². The van der Waals surface area contributed by atoms with Gasteiger partial charge in [0.25, 0.3) is 0 Å². The van der Waals surface area contributed by atoms with Gasteiger partial charge in [0, 0.05) is 23.5 Å². The van der Waals surface area contributed by atoms with Crippen LogP contribution in [0.2, 0.25) is 0 Å². The van der Waals surface area contributed by atoms with Crippen LogP contribution in [0.5, 0.6) is 23.3 Å². The Kier molecular flexibility index (Phi) is 7.11. The second kappa shape index (κ2) is 10.4. The average Bonchev–Trinajstić information content (AvgIpc) is 2.87. The highest BCUT2D eigenvalue weighted by molar-refractivity contribution is 9.10. The summed E-state index contributed by atoms with van der Waals surface area (Å²) in [5.74, 6) is 1.29. The van der Waals surface area contributed by atoms with Crippen molar-refractivity contribution in [3.8, 4) is 34.4 Å². The smallest absolute Gasteiger partial charge is 0.322 e. The first-order valence-electron chi connectivity index (χ1n) is 12.1. The van der Waals surface area contributed by atoms with Crippen LogP contribution in [0.3, 0.4) is 0 Å². The fourth-order valence-corrected chi connectivity index (χ4v) is 5.34. The van der Waals surface area contributed by atoms with Crippen molar-refractivity contribution >= 4 is 21.9 Å². The number of piperidine rings is 1. The summed E-state index contributed by atoms with van der Waals surface area (Å²) in [6.45, 7) is 6.18. The first-order chi connectivity index (χ1) is 17.4. The molecule has 2 aliphatic heterocycles. The van der Waals surface area contributed by atoms with Crippen LogP contribution < -0.4 is 14.2 Å². The van der Waals surface area contributed by atoms with Crippen LogP contribution >= 0.6 is 15.9 Å². The van der Waals surface area contributed by atoms with E-state index >= 15 is 0 Å². The number of carboxylic acids is 1. The van der Waals surface area contributed by atoms with Crippen molar-refractivity contribution in [2.75, 3.05) is 19.8 Å². The minimum absolute atomic E-state index is 0.252. The Morgan fingerprint density at radius 1 is 1.11 bits per heavy atom. The molecule has 2 aliphatic rings. The molecule has 1 aromatic heterocycles. The molecule has 3 heterocycles. The zero-order valence-corrected chi connectivity index (χ0v) is 21.9. The van der Waals surface area contributed by atoms with E-state index in [1.807, 2.05) is 55.1 Å². The Morgan fingerprint density at radius 2 is 1.86 bits per heavy atom. The molecule has 0 bridgehead atoms. The number of benzene rings is 2. The predicted molar refractivity (Wildman–Crippen MR) is 138 cm³/mol. The second-order valence-corrected chi connectivity index (χ2v) is 9.85. The van der Waals surface area contributed by atoms with E-state index in [0.29, 0.717) is 31.9 Å². The van der Waals surface area contributed by atoms with Gasteiger partial charge in [-0.3, -0.25) is 9.69 Å². The van der Waals surface area contributed by atoms with Gasteiger partial charge in [-0.25, -0.2) is 0 Å². The lowest BCUT2D eigenvalue weighted by Gasteiger charge is -2.33. The van der Waals surface area contributed by atoms with Crippen LogP contribution in [0.15, 0.2) is 40.9 Å². The number of fused-ring (bicyclic) bond motifs is 1. The summed E-state index contributed by atoms with van der Waals surface area (Å²) < 4.78 is 18.3. The van der Waals surface area contributed by atoms with Gasteiger partial charge < -0.3 is 19.3 Å². The van der Waals surface area contributed by atoms with Crippen molar-refractivity contribution in [2.24, 2.45) is 0 Å². The number of hydrogen-bond donors (Lipinski definition) is 1. The van der Waals surface area contributed by atoms with Gasteiger partial charge in [-0.2, -0.15) is 9.97 Å². The van der Waals surface area contributed by atoms with E-state index in [4.69, 9.17) is 14.2 Å². The molecule has 0 radical (unpaired) electrons. The van der Waals surface area contributed by atoms with E-state index < -0.39 is 12.0 Å². The molecule has 0 saturated carbocycles. The maximum absolute atomic E-state index is 11.7. The monoisotopic (exact) mass is 553 g/mol. The molecule has 36 heavy (non-hydrogen) atoms. The van der Waals surface area contributed by atoms with Crippen LogP contribution in [0, 0.1) is 13.8 Å². The Balaban J connectivity index is 1.38. The SMILES string of the molecule is Cc1nc(Oc2cccc(-c3ccc4c(c3)OCCO4)c2Br)nc(C)c1CN1CCCC[C@H]1C(=O)O. The lowest BCUT2D eigenvalue weighted by atomic mass is 10.0. The summed E-state index contributed by atoms with van der Waals surface area (Å²) in [4.78, 5) is 22.9. The summed E-state index contributed by atoms with van der Waals surface area (Å²) in [6, 6.07) is 11.4. The number of aryl methyl sites for hydroxylation is 2. The van der Waals surface area contributed by atoms with Crippen molar-refractivity contribution in [1.29, 1.82) is 0 Å². The van der Waals surface area contributed by atoms with Gasteiger partial charge in [0.15, 0.2) is 11.5 Å². The van der Waals surface area contributed by atoms with E-state index in [0.717, 1.165) is 63.4 Å². The number of hydrogen-bond acceptors (Lipinski definition) is 7. The number of ether oxygens (including phenoxy) is 3. The van der Waals surface area contributed by atoms with Gasteiger partial charge in [0.05, 0.1) is 4.47 Å². The molecule has 0 aliphatic carbocycles. The minimum Gasteiger partial charge on any atom is -0.486 e. The maximum Gasteiger partial charge on any atom is 0.322 e. The number of nitrogens with zero attached hydrogens (tertiary/aromatic N) is 3. The molecule has 0 amide bonds. The Morgan fingerprint density at radius 3 is 2.61 bits per heavy atom. The maximum atomic E-state index is 11.7. The summed E-state index contributed by atoms with van der Waals surface area (Å²) >= 11 is 3.69. The van der Waals surface area contributed by atoms with Gasteiger partial charge in [0.1, 0.15) is 25.0 Å². The van der Waals surface area contributed by atoms with Crippen LogP contribution in [0.4, 0.5) is 0 Å². The topological polar surface area (TPSA) is 94.0 Å². The van der Waals surface area contributed by atoms with Crippen molar-refractivity contribution in [3.63, 3.8) is 0 Å². The third-order valence-corrected chi connectivity index (χ3v) is 7.50. The number of carbonyl (C=O) groups is 1. The fourth-order valence-electron chi connectivity index (χ4n) is 4.77. The molecule has 8 nitrogen and oxygen atoms in total. The highest BCUT2D eigenvalue weighted by Gasteiger charge is 2.29. The van der Waals surface area contributed by atoms with Gasteiger partial charge in [-0.15, -0.1) is 0 Å². The standard InChI is InChI=1S/C27H28BrN3O5/c1-16-20(15-31-11-4-3-7-21(31)26(32)33)17(2)30-27(29-16)36-23-8-5-6-19(25(23)28)18-9-10-22-24(14-18)35-13-12-34-22/h5-6,8-10,14,21H,3-4,7,11-13,15H2,1-2H3,(H,32,33)/t21-/m0/s1. The summed E-state index contributed by atoms with van der Waals surface area (Å²) in [7, 11) is 0. The molecule has 0 unspecified atom stereocenters. The molecule has 1 N–H and O–H groups in total. The molecule has 1 fully saturated rings. The molecule has 3 aromatic rings. The van der Waals surface area contributed by atoms with E-state index in [1.165, 1.54) is 0 Å². The fraction of sp³-hybridized carbons (Fsp3) is 0.370. The molecular formula is C27H28BrN3O5. The second-order valence-electron chi connectivity index (χ2n) is 9.05. The lowest BCUT2D eigenvalue weighted by Crippen LogP contribution is -2.44. The number of rotatable bonds is 6. The Bertz CT molecular complexity index is 1280. The van der Waals surface area contributed by atoms with E-state index in [2.05, 4.69) is 25.9 Å². The molecule has 5 rings (SSSR count). The third kappa shape index (κ3) is 5.03. The molecule has 9 heteroatoms. The predicted octanol–water partition coefficient (Wildman–Crippen LogP) is 5.53. The number of halogens is 1. The number of aliphatic carboxylic acids is 1. The quantitative estimate of drug-likeness (QED) is 0.426. The number of carboxylic acid groups (broad SMARTS) is 1. The first-order valence-corrected chi connectivity index (χ1v) is 12.9. The van der Waals surface area contributed by atoms with E-state index in [1.54, 1.807) is 0 Å². The summed E-state index contributed by atoms with van der Waals surface area (Å²) in [5.41, 5.74) is 4.42. The highest BCUT2D eigenvalue weighted by Crippen LogP contribution is 2.41. The number of likely N-dealkylation sites (tertiary alicyclic amines) is 1. The Hall–Kier alpha value is -3.17. The molecule has 188 valence electrons. The van der Waals surface area contributed by atoms with Crippen molar-refractivity contribution in [2.45, 2.75) is 45.7 Å². The largest absolute Gasteiger partial charge is 0.486 e. The van der Waals surface area contributed by atoms with E-state index in [9.17, 15) is 9.90 Å². The average molecular weight is 554 g/mol. The molecular weight excluding hydrogens is 526 g/mol. The van der Waals surface area contributed by atoms with Gasteiger partial charge in [-0.1, -0.05) is 24.6 Å². The van der Waals surface area contributed by atoms with Crippen molar-refractivity contribution in [1.82, 2.24) is 14.9 Å². The summed E-state index contributed by atoms with van der Waals surface area (Å²) in [5, 5.41) is 9.61. The molecule has 0 spiro atoms. The third-order valence-electron chi connectivity index (χ3n) is 6.68. The lowest BCUT2D eigenvalue weighted by molar-refractivity contribution is -0.144. The van der Waals surface area contributed by atoms with Crippen LogP contribution in [0.25, 0.3) is 11.1 Å². The molecule has 2 aromatic carbocycles. The molecule has 1 atom stereocenters. The van der Waals surface area contributed by atoms with E-state index in [-0.39, 0.29) is 6.01 Å². The normalized spacial score (nSPS) is 17.6. The highest BCUT2D eigenvalue weighted by atomic mass is 79.9. The molecule has 1 saturated heterocycles. The minimum atomic E-state index is -0.770. The van der Waals surface area contributed by atoms with Crippen molar-refractivity contribution < 1.29 is 24.1 Å². The van der Waals surface area contributed by atoms with Crippen LogP contribution in [0.1, 0.15) is 36.2 Å². The van der Waals surface area contributed by atoms with Gasteiger partial charge in [0.2, 0.25) is 0 Å². The zero-order chi connectivity index (χ0) is 25.2. The van der Waals surface area contributed by atoms with Crippen LogP contribution in [-0.2, 0) is 11.3 Å².